The molecule has 1 atom stereocenters. The van der Waals surface area contributed by atoms with Crippen LogP contribution < -0.4 is 9.47 Å². The van der Waals surface area contributed by atoms with Crippen LogP contribution in [0.2, 0.25) is 5.02 Å². The van der Waals surface area contributed by atoms with E-state index in [1.165, 1.54) is 0 Å². The average Bonchev–Trinajstić information content (AvgIpc) is 3.15. The molecule has 1 fully saturated rings. The second kappa shape index (κ2) is 8.28. The topological polar surface area (TPSA) is 38.8 Å². The number of nitrogens with zero attached hydrogens (tertiary/aromatic N) is 1. The molecule has 0 radical (unpaired) electrons. The third-order valence-corrected chi connectivity index (χ3v) is 4.83. The van der Waals surface area contributed by atoms with Crippen LogP contribution in [0.1, 0.15) is 30.0 Å². The van der Waals surface area contributed by atoms with Gasteiger partial charge in [0.1, 0.15) is 11.5 Å². The molecule has 1 aliphatic rings. The van der Waals surface area contributed by atoms with Gasteiger partial charge in [0.2, 0.25) is 5.91 Å². The Labute approximate surface area is 159 Å². The Morgan fingerprint density at radius 3 is 2.77 bits per heavy atom. The number of hydrogen-bond donors (Lipinski definition) is 0. The molecule has 26 heavy (non-hydrogen) atoms. The van der Waals surface area contributed by atoms with E-state index in [0.717, 1.165) is 42.0 Å². The third-order valence-electron chi connectivity index (χ3n) is 4.60. The predicted octanol–water partition coefficient (Wildman–Crippen LogP) is 4.73. The zero-order valence-electron chi connectivity index (χ0n) is 14.9. The molecule has 0 aromatic heterocycles. The van der Waals surface area contributed by atoms with E-state index in [-0.39, 0.29) is 11.9 Å². The zero-order chi connectivity index (χ0) is 18.5. The Hall–Kier alpha value is -2.46. The second-order valence-electron chi connectivity index (χ2n) is 6.19. The number of benzene rings is 2. The highest BCUT2D eigenvalue weighted by Crippen LogP contribution is 2.39. The van der Waals surface area contributed by atoms with Gasteiger partial charge in [-0.05, 0) is 54.8 Å². The van der Waals surface area contributed by atoms with Crippen molar-refractivity contribution in [2.45, 2.75) is 18.9 Å². The summed E-state index contributed by atoms with van der Waals surface area (Å²) in [7, 11) is 3.28. The Bertz CT molecular complexity index is 819. The molecule has 0 aliphatic carbocycles. The molecule has 4 nitrogen and oxygen atoms in total. The van der Waals surface area contributed by atoms with E-state index >= 15 is 0 Å². The first-order valence-corrected chi connectivity index (χ1v) is 8.96. The van der Waals surface area contributed by atoms with Crippen LogP contribution in [0.4, 0.5) is 0 Å². The maximum absolute atomic E-state index is 12.8. The quantitative estimate of drug-likeness (QED) is 0.713. The van der Waals surface area contributed by atoms with Crippen molar-refractivity contribution in [3.63, 3.8) is 0 Å². The van der Waals surface area contributed by atoms with Crippen molar-refractivity contribution in [2.75, 3.05) is 20.8 Å². The van der Waals surface area contributed by atoms with Crippen LogP contribution in [0.5, 0.6) is 11.5 Å². The predicted molar refractivity (Wildman–Crippen MR) is 104 cm³/mol. The van der Waals surface area contributed by atoms with Gasteiger partial charge in [0.25, 0.3) is 0 Å². The van der Waals surface area contributed by atoms with Crippen molar-refractivity contribution in [1.29, 1.82) is 0 Å². The number of carbonyl (C=O) groups excluding carboxylic acids is 1. The fourth-order valence-electron chi connectivity index (χ4n) is 3.33. The first kappa shape index (κ1) is 18.3. The molecule has 136 valence electrons. The minimum atomic E-state index is -0.0171. The van der Waals surface area contributed by atoms with Gasteiger partial charge in [0, 0.05) is 23.2 Å². The zero-order valence-corrected chi connectivity index (χ0v) is 15.7. The van der Waals surface area contributed by atoms with Crippen molar-refractivity contribution >= 4 is 23.6 Å². The standard InChI is InChI=1S/C21H22ClNO3/c1-25-17-9-10-20(26-2)18(14-17)19-7-4-12-23(19)21(24)11-8-15-5-3-6-16(22)13-15/h3,5-6,8-11,13-14,19H,4,7,12H2,1-2H3/b11-8+. The van der Waals surface area contributed by atoms with E-state index in [1.54, 1.807) is 26.4 Å². The van der Waals surface area contributed by atoms with Crippen LogP contribution in [0.3, 0.4) is 0 Å². The first-order chi connectivity index (χ1) is 12.6. The molecule has 1 aliphatic heterocycles. The van der Waals surface area contributed by atoms with E-state index in [2.05, 4.69) is 0 Å². The van der Waals surface area contributed by atoms with Crippen LogP contribution in [-0.2, 0) is 4.79 Å². The fraction of sp³-hybridized carbons (Fsp3) is 0.286. The van der Waals surface area contributed by atoms with Crippen LogP contribution in [-0.4, -0.2) is 31.6 Å². The van der Waals surface area contributed by atoms with Crippen molar-refractivity contribution in [3.8, 4) is 11.5 Å². The van der Waals surface area contributed by atoms with E-state index in [1.807, 2.05) is 47.4 Å². The molecule has 1 saturated heterocycles. The summed E-state index contributed by atoms with van der Waals surface area (Å²) >= 11 is 6.00. The van der Waals surface area contributed by atoms with Gasteiger partial charge in [-0.2, -0.15) is 0 Å². The Balaban J connectivity index is 1.83. The Morgan fingerprint density at radius 1 is 1.19 bits per heavy atom. The van der Waals surface area contributed by atoms with Crippen LogP contribution in [0.25, 0.3) is 6.08 Å². The lowest BCUT2D eigenvalue weighted by Crippen LogP contribution is -2.29. The van der Waals surface area contributed by atoms with Crippen LogP contribution in [0, 0.1) is 0 Å². The molecule has 3 rings (SSSR count). The van der Waals surface area contributed by atoms with E-state index in [0.29, 0.717) is 5.02 Å². The molecule has 0 spiro atoms. The molecule has 5 heteroatoms. The molecule has 0 N–H and O–H groups in total. The average molecular weight is 372 g/mol. The molecular formula is C21H22ClNO3. The summed E-state index contributed by atoms with van der Waals surface area (Å²) in [5, 5.41) is 0.653. The summed E-state index contributed by atoms with van der Waals surface area (Å²) in [5.41, 5.74) is 1.88. The molecule has 1 amide bonds. The van der Waals surface area contributed by atoms with Gasteiger partial charge in [-0.25, -0.2) is 0 Å². The van der Waals surface area contributed by atoms with E-state index in [4.69, 9.17) is 21.1 Å². The maximum atomic E-state index is 12.8. The molecule has 0 bridgehead atoms. The third kappa shape index (κ3) is 4.02. The van der Waals surface area contributed by atoms with Gasteiger partial charge in [-0.15, -0.1) is 0 Å². The molecule has 1 heterocycles. The monoisotopic (exact) mass is 371 g/mol. The van der Waals surface area contributed by atoms with Gasteiger partial charge >= 0.3 is 0 Å². The lowest BCUT2D eigenvalue weighted by Gasteiger charge is -2.25. The molecule has 2 aromatic carbocycles. The van der Waals surface area contributed by atoms with Crippen molar-refractivity contribution < 1.29 is 14.3 Å². The number of halogens is 1. The van der Waals surface area contributed by atoms with Gasteiger partial charge < -0.3 is 14.4 Å². The summed E-state index contributed by atoms with van der Waals surface area (Å²) in [6.07, 6.45) is 5.27. The molecular weight excluding hydrogens is 350 g/mol. The lowest BCUT2D eigenvalue weighted by molar-refractivity contribution is -0.126. The summed E-state index contributed by atoms with van der Waals surface area (Å²) in [4.78, 5) is 14.7. The summed E-state index contributed by atoms with van der Waals surface area (Å²) in [5.74, 6) is 1.52. The second-order valence-corrected chi connectivity index (χ2v) is 6.62. The number of amides is 1. The van der Waals surface area contributed by atoms with Gasteiger partial charge in [-0.3, -0.25) is 4.79 Å². The Kier molecular flexibility index (Phi) is 5.84. The van der Waals surface area contributed by atoms with Crippen molar-refractivity contribution in [3.05, 3.63) is 64.7 Å². The first-order valence-electron chi connectivity index (χ1n) is 8.58. The molecule has 0 saturated carbocycles. The summed E-state index contributed by atoms with van der Waals surface area (Å²) < 4.78 is 10.8. The number of methoxy groups -OCH3 is 2. The smallest absolute Gasteiger partial charge is 0.247 e. The maximum Gasteiger partial charge on any atom is 0.247 e. The SMILES string of the molecule is COc1ccc(OC)c(C2CCCN2C(=O)/C=C/c2cccc(Cl)c2)c1. The normalized spacial score (nSPS) is 16.9. The fourth-order valence-corrected chi connectivity index (χ4v) is 3.53. The molecule has 2 aromatic rings. The largest absolute Gasteiger partial charge is 0.497 e. The van der Waals surface area contributed by atoms with Crippen molar-refractivity contribution in [1.82, 2.24) is 4.90 Å². The minimum absolute atomic E-state index is 0.0163. The summed E-state index contributed by atoms with van der Waals surface area (Å²) in [6.45, 7) is 0.726. The van der Waals surface area contributed by atoms with Crippen LogP contribution >= 0.6 is 11.6 Å². The number of ether oxygens (including phenoxy) is 2. The summed E-state index contributed by atoms with van der Waals surface area (Å²) in [6, 6.07) is 13.1. The van der Waals surface area contributed by atoms with Crippen molar-refractivity contribution in [2.24, 2.45) is 0 Å². The van der Waals surface area contributed by atoms with Gasteiger partial charge in [-0.1, -0.05) is 23.7 Å². The number of likely N-dealkylation sites (tertiary alicyclic amines) is 1. The minimum Gasteiger partial charge on any atom is -0.497 e. The van der Waals surface area contributed by atoms with Crippen LogP contribution in [0.15, 0.2) is 48.5 Å². The molecule has 1 unspecified atom stereocenters. The lowest BCUT2D eigenvalue weighted by atomic mass is 10.0. The van der Waals surface area contributed by atoms with Gasteiger partial charge in [0.15, 0.2) is 0 Å². The highest BCUT2D eigenvalue weighted by Gasteiger charge is 2.31. The highest BCUT2D eigenvalue weighted by molar-refractivity contribution is 6.30. The van der Waals surface area contributed by atoms with E-state index < -0.39 is 0 Å². The van der Waals surface area contributed by atoms with Gasteiger partial charge in [0.05, 0.1) is 20.3 Å². The highest BCUT2D eigenvalue weighted by atomic mass is 35.5. The Morgan fingerprint density at radius 2 is 2.04 bits per heavy atom. The van der Waals surface area contributed by atoms with E-state index in [9.17, 15) is 4.79 Å². The number of hydrogen-bond acceptors (Lipinski definition) is 3. The number of rotatable bonds is 5. The number of carbonyl (C=O) groups is 1.